The average Bonchev–Trinajstić information content (AvgIpc) is 2.80. The van der Waals surface area contributed by atoms with Gasteiger partial charge in [-0.15, -0.1) is 0 Å². The molecule has 0 heterocycles. The van der Waals surface area contributed by atoms with Crippen LogP contribution in [0.25, 0.3) is 0 Å². The average molecular weight is 467 g/mol. The summed E-state index contributed by atoms with van der Waals surface area (Å²) in [6.07, 6.45) is 0. The highest BCUT2D eigenvalue weighted by atomic mass is 32.2. The minimum atomic E-state index is -3.90. The van der Waals surface area contributed by atoms with Gasteiger partial charge in [-0.05, 0) is 54.6 Å². The van der Waals surface area contributed by atoms with Crippen LogP contribution in [0.2, 0.25) is 0 Å². The second-order valence-electron chi connectivity index (χ2n) is 6.69. The molecule has 0 bridgehead atoms. The fraction of sp³-hybridized carbons (Fsp3) is 0. The zero-order chi connectivity index (χ0) is 21.9. The van der Waals surface area contributed by atoms with Crippen molar-refractivity contribution in [2.45, 2.75) is 29.4 Å². The van der Waals surface area contributed by atoms with Crippen molar-refractivity contribution in [2.24, 2.45) is 0 Å². The molecule has 0 amide bonds. The maximum absolute atomic E-state index is 13.3. The van der Waals surface area contributed by atoms with Crippen molar-refractivity contribution in [1.82, 2.24) is 0 Å². The first kappa shape index (κ1) is 21.4. The summed E-state index contributed by atoms with van der Waals surface area (Å²) in [6, 6.07) is 29.6. The molecule has 31 heavy (non-hydrogen) atoms. The minimum Gasteiger partial charge on any atom is -0.219 e. The lowest BCUT2D eigenvalue weighted by Gasteiger charge is -2.12. The Balaban J connectivity index is 1.89. The Morgan fingerprint density at radius 2 is 0.806 bits per heavy atom. The van der Waals surface area contributed by atoms with Crippen LogP contribution in [0.4, 0.5) is 0 Å². The van der Waals surface area contributed by atoms with E-state index in [1.165, 1.54) is 54.2 Å². The molecule has 0 spiro atoms. The number of sulfone groups is 2. The Bertz CT molecular complexity index is 1310. The molecule has 0 atom stereocenters. The first-order valence-electron chi connectivity index (χ1n) is 9.36. The summed E-state index contributed by atoms with van der Waals surface area (Å²) in [4.78, 5) is 1.50. The Labute approximate surface area is 186 Å². The normalized spacial score (nSPS) is 11.9. The summed E-state index contributed by atoms with van der Waals surface area (Å²) < 4.78 is 53.0. The highest BCUT2D eigenvalue weighted by Crippen LogP contribution is 2.34. The fourth-order valence-electron chi connectivity index (χ4n) is 3.01. The second kappa shape index (κ2) is 8.70. The highest BCUT2D eigenvalue weighted by Gasteiger charge is 2.24. The number of benzene rings is 4. The molecule has 0 saturated carbocycles. The van der Waals surface area contributed by atoms with Gasteiger partial charge in [-0.1, -0.05) is 66.4 Å². The Morgan fingerprint density at radius 3 is 1.23 bits per heavy atom. The predicted octanol–water partition coefficient (Wildman–Crippen LogP) is 5.50. The zero-order valence-corrected chi connectivity index (χ0v) is 18.7. The molecule has 0 aromatic heterocycles. The van der Waals surface area contributed by atoms with Gasteiger partial charge in [0.2, 0.25) is 19.7 Å². The first-order chi connectivity index (χ1) is 14.9. The van der Waals surface area contributed by atoms with Gasteiger partial charge in [-0.3, -0.25) is 0 Å². The van der Waals surface area contributed by atoms with E-state index in [9.17, 15) is 16.8 Å². The lowest BCUT2D eigenvalue weighted by Crippen LogP contribution is -2.07. The van der Waals surface area contributed by atoms with Crippen molar-refractivity contribution >= 4 is 31.4 Å². The number of hydrogen-bond donors (Lipinski definition) is 0. The lowest BCUT2D eigenvalue weighted by molar-refractivity contribution is 0.593. The van der Waals surface area contributed by atoms with Crippen molar-refractivity contribution in [2.75, 3.05) is 0 Å². The topological polar surface area (TPSA) is 68.3 Å². The van der Waals surface area contributed by atoms with E-state index in [1.54, 1.807) is 36.4 Å². The molecule has 4 aromatic rings. The smallest absolute Gasteiger partial charge is 0.206 e. The molecule has 4 nitrogen and oxygen atoms in total. The van der Waals surface area contributed by atoms with E-state index in [-0.39, 0.29) is 19.6 Å². The highest BCUT2D eigenvalue weighted by molar-refractivity contribution is 7.99. The van der Waals surface area contributed by atoms with E-state index >= 15 is 0 Å². The number of hydrogen-bond acceptors (Lipinski definition) is 5. The molecule has 0 aliphatic rings. The molecule has 0 N–H and O–H groups in total. The molecule has 4 aromatic carbocycles. The van der Waals surface area contributed by atoms with Gasteiger partial charge in [0.05, 0.1) is 19.6 Å². The second-order valence-corrected chi connectivity index (χ2v) is 11.7. The van der Waals surface area contributed by atoms with E-state index < -0.39 is 19.7 Å². The monoisotopic (exact) mass is 466 g/mol. The van der Waals surface area contributed by atoms with Gasteiger partial charge in [0, 0.05) is 9.79 Å². The molecule has 4 rings (SSSR count). The maximum atomic E-state index is 13.3. The van der Waals surface area contributed by atoms with Gasteiger partial charge < -0.3 is 0 Å². The molecule has 0 aliphatic heterocycles. The summed E-state index contributed by atoms with van der Waals surface area (Å²) in [5, 5.41) is 0. The molecule has 0 saturated heterocycles. The predicted molar refractivity (Wildman–Crippen MR) is 121 cm³/mol. The molecule has 0 radical (unpaired) electrons. The van der Waals surface area contributed by atoms with E-state index in [0.29, 0.717) is 4.90 Å². The molecule has 0 unspecified atom stereocenters. The van der Waals surface area contributed by atoms with Gasteiger partial charge in [-0.25, -0.2) is 16.8 Å². The van der Waals surface area contributed by atoms with Gasteiger partial charge in [0.1, 0.15) is 0 Å². The molecule has 0 aliphatic carbocycles. The lowest BCUT2D eigenvalue weighted by atomic mass is 10.3. The maximum Gasteiger partial charge on any atom is 0.206 e. The van der Waals surface area contributed by atoms with Gasteiger partial charge in [-0.2, -0.15) is 0 Å². The van der Waals surface area contributed by atoms with E-state index in [1.807, 2.05) is 30.3 Å². The third kappa shape index (κ3) is 4.58. The van der Waals surface area contributed by atoms with Crippen molar-refractivity contribution in [3.8, 4) is 0 Å². The first-order valence-corrected chi connectivity index (χ1v) is 13.1. The van der Waals surface area contributed by atoms with Crippen molar-refractivity contribution in [3.05, 3.63) is 109 Å². The number of rotatable bonds is 6. The van der Waals surface area contributed by atoms with E-state index in [4.69, 9.17) is 0 Å². The quantitative estimate of drug-likeness (QED) is 0.375. The zero-order valence-electron chi connectivity index (χ0n) is 16.3. The van der Waals surface area contributed by atoms with Crippen LogP contribution in [0.5, 0.6) is 0 Å². The molecule has 156 valence electrons. The summed E-state index contributed by atoms with van der Waals surface area (Å²) in [5.74, 6) is 0. The Morgan fingerprint density at radius 1 is 0.419 bits per heavy atom. The van der Waals surface area contributed by atoms with Crippen LogP contribution < -0.4 is 0 Å². The van der Waals surface area contributed by atoms with Crippen LogP contribution >= 0.6 is 11.8 Å². The molecular weight excluding hydrogens is 448 g/mol. The summed E-state index contributed by atoms with van der Waals surface area (Å²) in [6.45, 7) is 0. The van der Waals surface area contributed by atoms with Crippen molar-refractivity contribution < 1.29 is 16.8 Å². The Hall–Kier alpha value is -2.87. The van der Waals surface area contributed by atoms with Crippen LogP contribution in [0.15, 0.2) is 139 Å². The van der Waals surface area contributed by atoms with Crippen molar-refractivity contribution in [3.63, 3.8) is 0 Å². The summed E-state index contributed by atoms with van der Waals surface area (Å²) >= 11 is 1.31. The largest absolute Gasteiger partial charge is 0.219 e. The third-order valence-corrected chi connectivity index (χ3v) is 9.04. The summed E-state index contributed by atoms with van der Waals surface area (Å²) in [5.41, 5.74) is 0. The van der Waals surface area contributed by atoms with Crippen LogP contribution in [0, 0.1) is 0 Å². The van der Waals surface area contributed by atoms with Gasteiger partial charge in [0.25, 0.3) is 0 Å². The molecule has 0 fully saturated rings. The SMILES string of the molecule is O=S(=O)(c1ccccc1)c1cc(Sc2ccccc2)cc(S(=O)(=O)c2ccccc2)c1. The van der Waals surface area contributed by atoms with Crippen molar-refractivity contribution in [1.29, 1.82) is 0 Å². The fourth-order valence-corrected chi connectivity index (χ4v) is 6.88. The third-order valence-electron chi connectivity index (χ3n) is 4.56. The van der Waals surface area contributed by atoms with Gasteiger partial charge in [0.15, 0.2) is 0 Å². The summed E-state index contributed by atoms with van der Waals surface area (Å²) in [7, 11) is -7.79. The van der Waals surface area contributed by atoms with Gasteiger partial charge >= 0.3 is 0 Å². The van der Waals surface area contributed by atoms with Crippen LogP contribution in [0.3, 0.4) is 0 Å². The van der Waals surface area contributed by atoms with E-state index in [0.717, 1.165) is 4.90 Å². The minimum absolute atomic E-state index is 0.0610. The molecule has 7 heteroatoms. The standard InChI is InChI=1S/C24H18O4S3/c25-30(26,21-12-6-2-7-13-21)23-16-20(29-19-10-4-1-5-11-19)17-24(18-23)31(27,28)22-14-8-3-9-15-22/h1-18H. The van der Waals surface area contributed by atoms with Crippen LogP contribution in [-0.4, -0.2) is 16.8 Å². The molecular formula is C24H18O4S3. The Kier molecular flexibility index (Phi) is 6.00. The van der Waals surface area contributed by atoms with Crippen LogP contribution in [-0.2, 0) is 19.7 Å². The van der Waals surface area contributed by atoms with E-state index in [2.05, 4.69) is 0 Å². The van der Waals surface area contributed by atoms with Crippen LogP contribution in [0.1, 0.15) is 0 Å².